The molecule has 2 fully saturated rings. The van der Waals surface area contributed by atoms with Gasteiger partial charge in [-0.1, -0.05) is 0 Å². The third-order valence-corrected chi connectivity index (χ3v) is 3.31. The predicted octanol–water partition coefficient (Wildman–Crippen LogP) is 1.37. The molecule has 2 aliphatic carbocycles. The van der Waals surface area contributed by atoms with Gasteiger partial charge in [-0.25, -0.2) is 0 Å². The van der Waals surface area contributed by atoms with Crippen molar-refractivity contribution < 1.29 is 4.79 Å². The summed E-state index contributed by atoms with van der Waals surface area (Å²) in [6.07, 6.45) is 4.32. The molecule has 2 aliphatic rings. The van der Waals surface area contributed by atoms with Crippen molar-refractivity contribution in [2.24, 2.45) is 23.7 Å². The number of hydrogen-bond donors (Lipinski definition) is 0. The fourth-order valence-electron chi connectivity index (χ4n) is 2.75. The van der Waals surface area contributed by atoms with Gasteiger partial charge in [0.25, 0.3) is 0 Å². The van der Waals surface area contributed by atoms with Gasteiger partial charge in [-0.05, 0) is 31.1 Å². The van der Waals surface area contributed by atoms with E-state index in [1.54, 1.807) is 0 Å². The lowest BCUT2D eigenvalue weighted by atomic mass is 9.89. The summed E-state index contributed by atoms with van der Waals surface area (Å²) in [4.78, 5) is 10.6. The van der Waals surface area contributed by atoms with Crippen molar-refractivity contribution in [3.8, 4) is 6.07 Å². The number of aldehydes is 1. The number of fused-ring (bicyclic) bond motifs is 2. The van der Waals surface area contributed by atoms with E-state index in [2.05, 4.69) is 6.07 Å². The molecule has 58 valence electrons. The molecule has 0 aromatic rings. The van der Waals surface area contributed by atoms with Crippen LogP contribution in [0.2, 0.25) is 0 Å². The molecule has 2 nitrogen and oxygen atoms in total. The van der Waals surface area contributed by atoms with Gasteiger partial charge in [0.05, 0.1) is 12.0 Å². The van der Waals surface area contributed by atoms with Crippen LogP contribution in [0.1, 0.15) is 19.3 Å². The topological polar surface area (TPSA) is 40.9 Å². The molecular formula is C9H11NO. The van der Waals surface area contributed by atoms with Gasteiger partial charge in [-0.2, -0.15) is 5.26 Å². The molecule has 2 bridgehead atoms. The molecule has 0 aromatic carbocycles. The van der Waals surface area contributed by atoms with Gasteiger partial charge < -0.3 is 4.79 Å². The quantitative estimate of drug-likeness (QED) is 0.528. The summed E-state index contributed by atoms with van der Waals surface area (Å²) < 4.78 is 0. The van der Waals surface area contributed by atoms with Crippen molar-refractivity contribution in [3.05, 3.63) is 0 Å². The number of nitriles is 1. The summed E-state index contributed by atoms with van der Waals surface area (Å²) in [6.45, 7) is 0. The standard InChI is InChI=1S/C9H11NO/c10-4-7-3-6-1-2-8(7)9(6)5-11/h5-9H,1-3H2/t6-,7+,8+,9+/m0/s1. The number of hydrogen-bond acceptors (Lipinski definition) is 2. The maximum atomic E-state index is 10.6. The fourth-order valence-corrected chi connectivity index (χ4v) is 2.75. The van der Waals surface area contributed by atoms with E-state index in [1.807, 2.05) is 0 Å². The van der Waals surface area contributed by atoms with E-state index >= 15 is 0 Å². The van der Waals surface area contributed by atoms with Crippen LogP contribution in [-0.2, 0) is 4.79 Å². The fraction of sp³-hybridized carbons (Fsp3) is 0.778. The first-order valence-electron chi connectivity index (χ1n) is 4.21. The highest BCUT2D eigenvalue weighted by Gasteiger charge is 2.47. The predicted molar refractivity (Wildman–Crippen MR) is 39.5 cm³/mol. The van der Waals surface area contributed by atoms with Crippen molar-refractivity contribution in [1.82, 2.24) is 0 Å². The molecule has 11 heavy (non-hydrogen) atoms. The Morgan fingerprint density at radius 2 is 2.27 bits per heavy atom. The Morgan fingerprint density at radius 1 is 1.45 bits per heavy atom. The maximum absolute atomic E-state index is 10.6. The largest absolute Gasteiger partial charge is 0.303 e. The minimum Gasteiger partial charge on any atom is -0.303 e. The molecule has 2 rings (SSSR count). The van der Waals surface area contributed by atoms with Crippen LogP contribution >= 0.6 is 0 Å². The Hall–Kier alpha value is -0.840. The molecule has 2 saturated carbocycles. The van der Waals surface area contributed by atoms with Gasteiger partial charge in [-0.15, -0.1) is 0 Å². The molecule has 0 N–H and O–H groups in total. The van der Waals surface area contributed by atoms with Gasteiger partial charge in [-0.3, -0.25) is 0 Å². The molecule has 0 amide bonds. The Kier molecular flexibility index (Phi) is 1.45. The van der Waals surface area contributed by atoms with Crippen molar-refractivity contribution in [2.75, 3.05) is 0 Å². The second-order valence-electron chi connectivity index (χ2n) is 3.69. The second-order valence-corrected chi connectivity index (χ2v) is 3.69. The summed E-state index contributed by atoms with van der Waals surface area (Å²) in [5.41, 5.74) is 0. The van der Waals surface area contributed by atoms with E-state index in [9.17, 15) is 4.79 Å². The molecule has 0 unspecified atom stereocenters. The van der Waals surface area contributed by atoms with Gasteiger partial charge in [0, 0.05) is 5.92 Å². The smallest absolute Gasteiger partial charge is 0.123 e. The average molecular weight is 149 g/mol. The molecule has 0 aromatic heterocycles. The second kappa shape index (κ2) is 2.34. The van der Waals surface area contributed by atoms with Crippen LogP contribution in [0, 0.1) is 35.0 Å². The van der Waals surface area contributed by atoms with E-state index in [1.165, 1.54) is 6.42 Å². The van der Waals surface area contributed by atoms with Gasteiger partial charge in [0.15, 0.2) is 0 Å². The Labute approximate surface area is 66.2 Å². The zero-order valence-electron chi connectivity index (χ0n) is 6.36. The van der Waals surface area contributed by atoms with Crippen molar-refractivity contribution >= 4 is 6.29 Å². The highest BCUT2D eigenvalue weighted by Crippen LogP contribution is 2.51. The van der Waals surface area contributed by atoms with Crippen LogP contribution < -0.4 is 0 Å². The van der Waals surface area contributed by atoms with Gasteiger partial charge in [0.1, 0.15) is 6.29 Å². The molecule has 2 heteroatoms. The minimum absolute atomic E-state index is 0.184. The van der Waals surface area contributed by atoms with Crippen LogP contribution in [-0.4, -0.2) is 6.29 Å². The monoisotopic (exact) mass is 149 g/mol. The summed E-state index contributed by atoms with van der Waals surface area (Å²) in [7, 11) is 0. The molecule has 0 spiro atoms. The highest BCUT2D eigenvalue weighted by molar-refractivity contribution is 5.56. The first kappa shape index (κ1) is 6.84. The average Bonchev–Trinajstić information content (AvgIpc) is 2.59. The molecular weight excluding hydrogens is 138 g/mol. The van der Waals surface area contributed by atoms with E-state index in [0.717, 1.165) is 19.1 Å². The van der Waals surface area contributed by atoms with E-state index < -0.39 is 0 Å². The third kappa shape index (κ3) is 0.805. The molecule has 0 heterocycles. The number of rotatable bonds is 1. The normalized spacial score (nSPS) is 47.2. The zero-order valence-corrected chi connectivity index (χ0v) is 6.36. The molecule has 4 atom stereocenters. The van der Waals surface area contributed by atoms with Crippen LogP contribution in [0.5, 0.6) is 0 Å². The van der Waals surface area contributed by atoms with Crippen molar-refractivity contribution in [2.45, 2.75) is 19.3 Å². The summed E-state index contributed by atoms with van der Waals surface area (Å²) in [6, 6.07) is 2.30. The van der Waals surface area contributed by atoms with Gasteiger partial charge in [0.2, 0.25) is 0 Å². The number of nitrogens with zero attached hydrogens (tertiary/aromatic N) is 1. The summed E-state index contributed by atoms with van der Waals surface area (Å²) in [5, 5.41) is 8.74. The highest BCUT2D eigenvalue weighted by atomic mass is 16.1. The van der Waals surface area contributed by atoms with Crippen molar-refractivity contribution in [3.63, 3.8) is 0 Å². The first-order chi connectivity index (χ1) is 5.36. The lowest BCUT2D eigenvalue weighted by molar-refractivity contribution is -0.112. The van der Waals surface area contributed by atoms with E-state index in [-0.39, 0.29) is 11.8 Å². The van der Waals surface area contributed by atoms with E-state index in [0.29, 0.717) is 11.8 Å². The Balaban J connectivity index is 2.19. The third-order valence-electron chi connectivity index (χ3n) is 3.31. The van der Waals surface area contributed by atoms with Crippen LogP contribution in [0.4, 0.5) is 0 Å². The van der Waals surface area contributed by atoms with E-state index in [4.69, 9.17) is 5.26 Å². The van der Waals surface area contributed by atoms with Crippen LogP contribution in [0.3, 0.4) is 0 Å². The minimum atomic E-state index is 0.184. The number of carbonyl (C=O) groups is 1. The Bertz CT molecular complexity index is 218. The first-order valence-corrected chi connectivity index (χ1v) is 4.21. The van der Waals surface area contributed by atoms with Crippen molar-refractivity contribution in [1.29, 1.82) is 5.26 Å². The molecule has 0 radical (unpaired) electrons. The lowest BCUT2D eigenvalue weighted by Crippen LogP contribution is -2.11. The van der Waals surface area contributed by atoms with Crippen LogP contribution in [0.25, 0.3) is 0 Å². The summed E-state index contributed by atoms with van der Waals surface area (Å²) >= 11 is 0. The Morgan fingerprint density at radius 3 is 2.73 bits per heavy atom. The SMILES string of the molecule is N#C[C@H]1C[C@@H]2CC[C@H]1[C@@H]2C=O. The lowest BCUT2D eigenvalue weighted by Gasteiger charge is -2.12. The summed E-state index contributed by atoms with van der Waals surface area (Å²) in [5.74, 6) is 1.35. The molecule has 0 saturated heterocycles. The zero-order chi connectivity index (χ0) is 7.84. The number of carbonyl (C=O) groups excluding carboxylic acids is 1. The molecule has 0 aliphatic heterocycles. The van der Waals surface area contributed by atoms with Gasteiger partial charge >= 0.3 is 0 Å². The maximum Gasteiger partial charge on any atom is 0.123 e. The van der Waals surface area contributed by atoms with Crippen LogP contribution in [0.15, 0.2) is 0 Å².